The predicted octanol–water partition coefficient (Wildman–Crippen LogP) is 0.158. The lowest BCUT2D eigenvalue weighted by atomic mass is 10.2. The maximum atomic E-state index is 10.7. The minimum atomic E-state index is -1.04. The van der Waals surface area contributed by atoms with Gasteiger partial charge in [0.15, 0.2) is 0 Å². The molecular formula is C7H17N3O3. The van der Waals surface area contributed by atoms with Gasteiger partial charge in [0.2, 0.25) is 0 Å². The van der Waals surface area contributed by atoms with Crippen molar-refractivity contribution in [2.75, 3.05) is 7.05 Å². The van der Waals surface area contributed by atoms with Gasteiger partial charge in [-0.15, -0.1) is 0 Å². The lowest BCUT2D eigenvalue weighted by Gasteiger charge is -2.07. The standard InChI is InChI=1S/C7H14N2O3.H3N/c1-5(9-2)3-4-6(10)12-7(8)11;/h5,9H,3-4H2,1-2H3,(H2,8,11);1H3. The van der Waals surface area contributed by atoms with Crippen molar-refractivity contribution in [2.24, 2.45) is 5.73 Å². The molecule has 0 aromatic rings. The van der Waals surface area contributed by atoms with Gasteiger partial charge < -0.3 is 21.9 Å². The summed E-state index contributed by atoms with van der Waals surface area (Å²) in [5.74, 6) is -0.579. The first-order valence-electron chi connectivity index (χ1n) is 3.73. The van der Waals surface area contributed by atoms with Gasteiger partial charge in [-0.2, -0.15) is 0 Å². The second-order valence-corrected chi connectivity index (χ2v) is 2.52. The first-order valence-corrected chi connectivity index (χ1v) is 3.73. The van der Waals surface area contributed by atoms with Crippen LogP contribution in [-0.4, -0.2) is 25.2 Å². The van der Waals surface area contributed by atoms with E-state index < -0.39 is 12.1 Å². The third-order valence-electron chi connectivity index (χ3n) is 1.49. The SMILES string of the molecule is CNC(C)CCC(=O)OC(N)=O.N. The summed E-state index contributed by atoms with van der Waals surface area (Å²) in [6, 6.07) is 0.227. The predicted molar refractivity (Wildman–Crippen MR) is 48.5 cm³/mol. The highest BCUT2D eigenvalue weighted by atomic mass is 16.6. The van der Waals surface area contributed by atoms with Crippen molar-refractivity contribution in [1.29, 1.82) is 0 Å². The zero-order valence-electron chi connectivity index (χ0n) is 8.00. The normalized spacial score (nSPS) is 11.2. The van der Waals surface area contributed by atoms with Crippen molar-refractivity contribution in [2.45, 2.75) is 25.8 Å². The molecule has 6 nitrogen and oxygen atoms in total. The van der Waals surface area contributed by atoms with Gasteiger partial charge in [-0.25, -0.2) is 4.79 Å². The Bertz CT molecular complexity index is 172. The van der Waals surface area contributed by atoms with E-state index in [1.165, 1.54) is 0 Å². The number of nitrogens with one attached hydrogen (secondary N) is 1. The molecular weight excluding hydrogens is 174 g/mol. The highest BCUT2D eigenvalue weighted by Gasteiger charge is 2.08. The van der Waals surface area contributed by atoms with Crippen molar-refractivity contribution in [3.63, 3.8) is 0 Å². The van der Waals surface area contributed by atoms with Crippen molar-refractivity contribution in [3.05, 3.63) is 0 Å². The second-order valence-electron chi connectivity index (χ2n) is 2.52. The van der Waals surface area contributed by atoms with E-state index in [0.717, 1.165) is 0 Å². The summed E-state index contributed by atoms with van der Waals surface area (Å²) >= 11 is 0. The third-order valence-corrected chi connectivity index (χ3v) is 1.49. The lowest BCUT2D eigenvalue weighted by Crippen LogP contribution is -2.24. The van der Waals surface area contributed by atoms with Gasteiger partial charge in [0.05, 0.1) is 0 Å². The molecule has 0 heterocycles. The minimum Gasteiger partial charge on any atom is -0.376 e. The molecule has 0 bridgehead atoms. The quantitative estimate of drug-likeness (QED) is 0.432. The molecule has 6 N–H and O–H groups in total. The Balaban J connectivity index is 0. The van der Waals surface area contributed by atoms with Gasteiger partial charge in [0.1, 0.15) is 0 Å². The maximum Gasteiger partial charge on any atom is 0.412 e. The Morgan fingerprint density at radius 3 is 2.46 bits per heavy atom. The number of primary amides is 1. The van der Waals surface area contributed by atoms with Crippen molar-refractivity contribution < 1.29 is 14.3 Å². The van der Waals surface area contributed by atoms with Crippen LogP contribution in [0.2, 0.25) is 0 Å². The first kappa shape index (κ1) is 14.4. The number of hydrogen-bond acceptors (Lipinski definition) is 5. The topological polar surface area (TPSA) is 116 Å². The number of carbonyl (C=O) groups excluding carboxylic acids is 2. The van der Waals surface area contributed by atoms with Crippen LogP contribution < -0.4 is 17.2 Å². The van der Waals surface area contributed by atoms with E-state index in [1.807, 2.05) is 6.92 Å². The van der Waals surface area contributed by atoms with Crippen molar-refractivity contribution >= 4 is 12.1 Å². The Morgan fingerprint density at radius 2 is 2.08 bits per heavy atom. The van der Waals surface area contributed by atoms with Gasteiger partial charge in [-0.1, -0.05) is 0 Å². The summed E-state index contributed by atoms with van der Waals surface area (Å²) in [5.41, 5.74) is 4.63. The molecule has 0 saturated carbocycles. The van der Waals surface area contributed by atoms with Gasteiger partial charge in [0, 0.05) is 12.5 Å². The molecule has 0 saturated heterocycles. The smallest absolute Gasteiger partial charge is 0.376 e. The lowest BCUT2D eigenvalue weighted by molar-refractivity contribution is -0.137. The third kappa shape index (κ3) is 8.77. The number of nitrogens with two attached hydrogens (primary N) is 1. The van der Waals surface area contributed by atoms with E-state index in [4.69, 9.17) is 0 Å². The molecule has 0 fully saturated rings. The van der Waals surface area contributed by atoms with E-state index in [0.29, 0.717) is 6.42 Å². The highest BCUT2D eigenvalue weighted by Crippen LogP contribution is 1.97. The molecule has 0 rings (SSSR count). The van der Waals surface area contributed by atoms with Gasteiger partial charge in [-0.3, -0.25) is 4.79 Å². The van der Waals surface area contributed by atoms with Crippen LogP contribution in [0.3, 0.4) is 0 Å². The molecule has 0 aliphatic rings. The zero-order chi connectivity index (χ0) is 9.56. The number of amides is 1. The minimum absolute atomic E-state index is 0. The molecule has 6 heteroatoms. The Labute approximate surface area is 77.4 Å². The average molecular weight is 191 g/mol. The molecule has 0 aliphatic heterocycles. The summed E-state index contributed by atoms with van der Waals surface area (Å²) < 4.78 is 4.12. The van der Waals surface area contributed by atoms with Crippen LogP contribution in [0.25, 0.3) is 0 Å². The fourth-order valence-electron chi connectivity index (χ4n) is 0.642. The molecule has 0 aliphatic carbocycles. The summed E-state index contributed by atoms with van der Waals surface area (Å²) in [7, 11) is 1.80. The number of esters is 1. The highest BCUT2D eigenvalue weighted by molar-refractivity contribution is 5.83. The van der Waals surface area contributed by atoms with E-state index in [9.17, 15) is 9.59 Å². The van der Waals surface area contributed by atoms with Crippen molar-refractivity contribution in [3.8, 4) is 0 Å². The molecule has 13 heavy (non-hydrogen) atoms. The molecule has 1 amide bonds. The average Bonchev–Trinajstić information content (AvgIpc) is 1.99. The number of hydrogen-bond donors (Lipinski definition) is 3. The molecule has 1 atom stereocenters. The Hall–Kier alpha value is -1.14. The Kier molecular flexibility index (Phi) is 8.31. The van der Waals surface area contributed by atoms with Gasteiger partial charge in [-0.05, 0) is 20.4 Å². The molecule has 78 valence electrons. The first-order chi connectivity index (χ1) is 5.56. The molecule has 0 spiro atoms. The van der Waals surface area contributed by atoms with E-state index in [-0.39, 0.29) is 18.6 Å². The van der Waals surface area contributed by atoms with Crippen LogP contribution in [0, 0.1) is 0 Å². The number of carbonyl (C=O) groups is 2. The van der Waals surface area contributed by atoms with Crippen LogP contribution in [0.5, 0.6) is 0 Å². The van der Waals surface area contributed by atoms with E-state index in [1.54, 1.807) is 7.05 Å². The zero-order valence-corrected chi connectivity index (χ0v) is 8.00. The molecule has 0 radical (unpaired) electrons. The fourth-order valence-corrected chi connectivity index (χ4v) is 0.642. The monoisotopic (exact) mass is 191 g/mol. The summed E-state index contributed by atoms with van der Waals surface area (Å²) in [6.45, 7) is 1.93. The summed E-state index contributed by atoms with van der Waals surface area (Å²) in [5, 5.41) is 2.95. The van der Waals surface area contributed by atoms with Crippen molar-refractivity contribution in [1.82, 2.24) is 11.5 Å². The summed E-state index contributed by atoms with van der Waals surface area (Å²) in [6.07, 6.45) is -0.217. The molecule has 0 aromatic carbocycles. The van der Waals surface area contributed by atoms with Crippen LogP contribution in [-0.2, 0) is 9.53 Å². The molecule has 1 unspecified atom stereocenters. The van der Waals surface area contributed by atoms with Gasteiger partial charge in [0.25, 0.3) is 0 Å². The van der Waals surface area contributed by atoms with Crippen LogP contribution in [0.1, 0.15) is 19.8 Å². The van der Waals surface area contributed by atoms with Gasteiger partial charge >= 0.3 is 12.1 Å². The van der Waals surface area contributed by atoms with Crippen LogP contribution in [0.4, 0.5) is 4.79 Å². The summed E-state index contributed by atoms with van der Waals surface area (Å²) in [4.78, 5) is 20.8. The second kappa shape index (κ2) is 7.51. The Morgan fingerprint density at radius 1 is 1.54 bits per heavy atom. The number of ether oxygens (including phenoxy) is 1. The molecule has 0 aromatic heterocycles. The maximum absolute atomic E-state index is 10.7. The van der Waals surface area contributed by atoms with Crippen LogP contribution >= 0.6 is 0 Å². The van der Waals surface area contributed by atoms with E-state index >= 15 is 0 Å². The number of rotatable bonds is 4. The largest absolute Gasteiger partial charge is 0.412 e. The van der Waals surface area contributed by atoms with Crippen LogP contribution in [0.15, 0.2) is 0 Å². The van der Waals surface area contributed by atoms with E-state index in [2.05, 4.69) is 15.8 Å². The fraction of sp³-hybridized carbons (Fsp3) is 0.714.